The average molecular weight is 255 g/mol. The molecule has 1 amide bonds. The number of aromatic nitrogens is 2. The highest BCUT2D eigenvalue weighted by atomic mass is 16.1. The van der Waals surface area contributed by atoms with Gasteiger partial charge in [0.05, 0.1) is 5.69 Å². The number of nitrogens with zero attached hydrogens (tertiary/aromatic N) is 2. The van der Waals surface area contributed by atoms with E-state index in [1.807, 2.05) is 32.0 Å². The van der Waals surface area contributed by atoms with Gasteiger partial charge in [-0.05, 0) is 43.5 Å². The first-order valence-corrected chi connectivity index (χ1v) is 6.32. The van der Waals surface area contributed by atoms with Crippen molar-refractivity contribution in [1.82, 2.24) is 10.2 Å². The zero-order valence-corrected chi connectivity index (χ0v) is 11.4. The van der Waals surface area contributed by atoms with E-state index in [1.54, 1.807) is 12.1 Å². The molecule has 2 aromatic rings. The van der Waals surface area contributed by atoms with Gasteiger partial charge in [-0.15, -0.1) is 5.10 Å². The Kier molecular flexibility index (Phi) is 3.90. The summed E-state index contributed by atoms with van der Waals surface area (Å²) in [6.45, 7) is 5.89. The zero-order chi connectivity index (χ0) is 13.8. The van der Waals surface area contributed by atoms with Crippen LogP contribution in [0.2, 0.25) is 0 Å². The lowest BCUT2D eigenvalue weighted by atomic mass is 10.1. The number of amides is 1. The van der Waals surface area contributed by atoms with Crippen molar-refractivity contribution >= 4 is 11.6 Å². The first kappa shape index (κ1) is 13.2. The van der Waals surface area contributed by atoms with Gasteiger partial charge in [-0.25, -0.2) is 0 Å². The summed E-state index contributed by atoms with van der Waals surface area (Å²) in [5, 5.41) is 10.7. The molecule has 0 fully saturated rings. The first-order chi connectivity index (χ1) is 9.11. The molecule has 0 saturated carbocycles. The molecule has 0 spiro atoms. The van der Waals surface area contributed by atoms with Crippen LogP contribution in [0.1, 0.15) is 34.2 Å². The maximum Gasteiger partial charge on any atom is 0.276 e. The summed E-state index contributed by atoms with van der Waals surface area (Å²) < 4.78 is 0. The van der Waals surface area contributed by atoms with Crippen LogP contribution < -0.4 is 5.32 Å². The Morgan fingerprint density at radius 1 is 1.16 bits per heavy atom. The molecule has 1 aromatic heterocycles. The number of carbonyl (C=O) groups excluding carboxylic acids is 1. The van der Waals surface area contributed by atoms with Gasteiger partial charge in [0, 0.05) is 5.69 Å². The Bertz CT molecular complexity index is 591. The van der Waals surface area contributed by atoms with E-state index < -0.39 is 0 Å². The van der Waals surface area contributed by atoms with Crippen molar-refractivity contribution < 1.29 is 4.79 Å². The second kappa shape index (κ2) is 5.61. The van der Waals surface area contributed by atoms with Gasteiger partial charge in [0.15, 0.2) is 5.69 Å². The number of rotatable bonds is 3. The van der Waals surface area contributed by atoms with Gasteiger partial charge >= 0.3 is 0 Å². The number of nitrogens with one attached hydrogen (secondary N) is 1. The highest BCUT2D eigenvalue weighted by Gasteiger charge is 2.11. The number of anilines is 1. The van der Waals surface area contributed by atoms with E-state index in [2.05, 4.69) is 22.4 Å². The van der Waals surface area contributed by atoms with Crippen LogP contribution in [0.5, 0.6) is 0 Å². The molecule has 4 nitrogen and oxygen atoms in total. The van der Waals surface area contributed by atoms with Crippen molar-refractivity contribution in [2.75, 3.05) is 5.32 Å². The molecule has 0 atom stereocenters. The molecular formula is C15H17N3O. The Morgan fingerprint density at radius 3 is 2.58 bits per heavy atom. The Labute approximate surface area is 112 Å². The third-order valence-corrected chi connectivity index (χ3v) is 3.01. The lowest BCUT2D eigenvalue weighted by Gasteiger charge is -2.12. The summed E-state index contributed by atoms with van der Waals surface area (Å²) in [6, 6.07) is 9.45. The second-order valence-electron chi connectivity index (χ2n) is 4.48. The number of carbonyl (C=O) groups is 1. The smallest absolute Gasteiger partial charge is 0.276 e. The molecule has 19 heavy (non-hydrogen) atoms. The normalized spacial score (nSPS) is 10.3. The van der Waals surface area contributed by atoms with Crippen LogP contribution in [0.3, 0.4) is 0 Å². The highest BCUT2D eigenvalue weighted by Crippen LogP contribution is 2.21. The van der Waals surface area contributed by atoms with E-state index in [1.165, 1.54) is 0 Å². The van der Waals surface area contributed by atoms with E-state index in [4.69, 9.17) is 0 Å². The summed E-state index contributed by atoms with van der Waals surface area (Å²) in [4.78, 5) is 12.1. The molecule has 1 N–H and O–H groups in total. The van der Waals surface area contributed by atoms with Crippen LogP contribution >= 0.6 is 0 Å². The van der Waals surface area contributed by atoms with Crippen molar-refractivity contribution in [1.29, 1.82) is 0 Å². The fourth-order valence-electron chi connectivity index (χ4n) is 1.90. The van der Waals surface area contributed by atoms with Crippen molar-refractivity contribution in [2.24, 2.45) is 0 Å². The van der Waals surface area contributed by atoms with E-state index in [0.717, 1.165) is 28.9 Å². The average Bonchev–Trinajstić information content (AvgIpc) is 2.41. The summed E-state index contributed by atoms with van der Waals surface area (Å²) in [6.07, 6.45) is 0.872. The van der Waals surface area contributed by atoms with E-state index in [-0.39, 0.29) is 5.91 Å². The number of benzene rings is 1. The fraction of sp³-hybridized carbons (Fsp3) is 0.267. The highest BCUT2D eigenvalue weighted by molar-refractivity contribution is 6.03. The molecule has 0 unspecified atom stereocenters. The zero-order valence-electron chi connectivity index (χ0n) is 11.4. The van der Waals surface area contributed by atoms with Crippen molar-refractivity contribution in [2.45, 2.75) is 27.2 Å². The van der Waals surface area contributed by atoms with Crippen LogP contribution in [-0.4, -0.2) is 16.1 Å². The molecular weight excluding hydrogens is 238 g/mol. The number of hydrogen-bond acceptors (Lipinski definition) is 3. The Balaban J connectivity index is 2.26. The molecule has 2 rings (SSSR count). The van der Waals surface area contributed by atoms with Crippen LogP contribution in [0.4, 0.5) is 5.69 Å². The molecule has 0 bridgehead atoms. The molecule has 0 aliphatic carbocycles. The largest absolute Gasteiger partial charge is 0.320 e. The van der Waals surface area contributed by atoms with Gasteiger partial charge in [0.25, 0.3) is 5.91 Å². The maximum absolute atomic E-state index is 12.1. The monoisotopic (exact) mass is 255 g/mol. The molecule has 0 aliphatic heterocycles. The quantitative estimate of drug-likeness (QED) is 0.917. The molecule has 1 heterocycles. The molecule has 0 saturated heterocycles. The predicted molar refractivity (Wildman–Crippen MR) is 75.3 cm³/mol. The van der Waals surface area contributed by atoms with E-state index >= 15 is 0 Å². The maximum atomic E-state index is 12.1. The SMILES string of the molecule is CCc1cccc(C)c1NC(=O)c1ccc(C)nn1. The van der Waals surface area contributed by atoms with Gasteiger partial charge in [0.1, 0.15) is 0 Å². The van der Waals surface area contributed by atoms with Gasteiger partial charge < -0.3 is 5.32 Å². The second-order valence-corrected chi connectivity index (χ2v) is 4.48. The summed E-state index contributed by atoms with van der Waals surface area (Å²) >= 11 is 0. The topological polar surface area (TPSA) is 54.9 Å². The minimum atomic E-state index is -0.225. The van der Waals surface area contributed by atoms with Crippen LogP contribution in [0, 0.1) is 13.8 Å². The number of para-hydroxylation sites is 1. The lowest BCUT2D eigenvalue weighted by molar-refractivity contribution is 0.102. The van der Waals surface area contributed by atoms with Gasteiger partial charge in [-0.3, -0.25) is 4.79 Å². The summed E-state index contributed by atoms with van der Waals surface area (Å²) in [7, 11) is 0. The minimum absolute atomic E-state index is 0.225. The molecule has 1 aromatic carbocycles. The van der Waals surface area contributed by atoms with E-state index in [0.29, 0.717) is 5.69 Å². The molecule has 4 heteroatoms. The lowest BCUT2D eigenvalue weighted by Crippen LogP contribution is -2.16. The Morgan fingerprint density at radius 2 is 1.95 bits per heavy atom. The van der Waals surface area contributed by atoms with Crippen molar-refractivity contribution in [3.05, 3.63) is 52.8 Å². The third-order valence-electron chi connectivity index (χ3n) is 3.01. The molecule has 98 valence electrons. The molecule has 0 radical (unpaired) electrons. The van der Waals surface area contributed by atoms with Gasteiger partial charge in [-0.2, -0.15) is 5.10 Å². The third kappa shape index (κ3) is 2.96. The van der Waals surface area contributed by atoms with Gasteiger partial charge in [0.2, 0.25) is 0 Å². The van der Waals surface area contributed by atoms with Gasteiger partial charge in [-0.1, -0.05) is 25.1 Å². The fourth-order valence-corrected chi connectivity index (χ4v) is 1.90. The van der Waals surface area contributed by atoms with Crippen molar-refractivity contribution in [3.8, 4) is 0 Å². The minimum Gasteiger partial charge on any atom is -0.320 e. The van der Waals surface area contributed by atoms with Crippen LogP contribution in [0.25, 0.3) is 0 Å². The predicted octanol–water partition coefficient (Wildman–Crippen LogP) is 2.91. The standard InChI is InChI=1S/C15H17N3O/c1-4-12-7-5-6-10(2)14(12)16-15(19)13-9-8-11(3)17-18-13/h5-9H,4H2,1-3H3,(H,16,19). The van der Waals surface area contributed by atoms with Crippen LogP contribution in [-0.2, 0) is 6.42 Å². The Hall–Kier alpha value is -2.23. The van der Waals surface area contributed by atoms with Crippen molar-refractivity contribution in [3.63, 3.8) is 0 Å². The first-order valence-electron chi connectivity index (χ1n) is 6.32. The summed E-state index contributed by atoms with van der Waals surface area (Å²) in [5.41, 5.74) is 4.16. The van der Waals surface area contributed by atoms with E-state index in [9.17, 15) is 4.79 Å². The number of aryl methyl sites for hydroxylation is 3. The summed E-state index contributed by atoms with van der Waals surface area (Å²) in [5.74, 6) is -0.225. The molecule has 0 aliphatic rings. The van der Waals surface area contributed by atoms with Crippen LogP contribution in [0.15, 0.2) is 30.3 Å². The number of hydrogen-bond donors (Lipinski definition) is 1.